The van der Waals surface area contributed by atoms with Crippen LogP contribution >= 0.6 is 0 Å². The molecule has 4 atom stereocenters. The van der Waals surface area contributed by atoms with Gasteiger partial charge in [-0.05, 0) is 39.7 Å². The highest BCUT2D eigenvalue weighted by molar-refractivity contribution is 4.92. The van der Waals surface area contributed by atoms with Crippen molar-refractivity contribution in [3.63, 3.8) is 0 Å². The van der Waals surface area contributed by atoms with Crippen molar-refractivity contribution in [2.75, 3.05) is 20.7 Å². The van der Waals surface area contributed by atoms with Crippen molar-refractivity contribution in [2.45, 2.75) is 69.7 Å². The lowest BCUT2D eigenvalue weighted by atomic mass is 9.86. The number of nitrogens with one attached hydrogen (secondary N) is 1. The SMILES string of the molecule is CNC1CCCCC1N1CCC(OC)CC1C. The van der Waals surface area contributed by atoms with E-state index in [1.807, 2.05) is 7.11 Å². The second kappa shape index (κ2) is 6.17. The molecule has 2 rings (SSSR count). The van der Waals surface area contributed by atoms with Gasteiger partial charge in [0.1, 0.15) is 0 Å². The van der Waals surface area contributed by atoms with Crippen LogP contribution in [0.1, 0.15) is 45.4 Å². The normalized spacial score (nSPS) is 40.4. The van der Waals surface area contributed by atoms with E-state index in [2.05, 4.69) is 24.2 Å². The third kappa shape index (κ3) is 3.01. The van der Waals surface area contributed by atoms with E-state index in [0.29, 0.717) is 18.2 Å². The van der Waals surface area contributed by atoms with Gasteiger partial charge >= 0.3 is 0 Å². The van der Waals surface area contributed by atoms with Crippen molar-refractivity contribution < 1.29 is 4.74 Å². The summed E-state index contributed by atoms with van der Waals surface area (Å²) in [4.78, 5) is 2.73. The van der Waals surface area contributed by atoms with E-state index in [1.165, 1.54) is 45.1 Å². The fourth-order valence-electron chi connectivity index (χ4n) is 3.70. The van der Waals surface area contributed by atoms with Gasteiger partial charge < -0.3 is 10.1 Å². The summed E-state index contributed by atoms with van der Waals surface area (Å²) in [6, 6.07) is 2.12. The van der Waals surface area contributed by atoms with Gasteiger partial charge in [0, 0.05) is 31.8 Å². The molecule has 1 aliphatic carbocycles. The van der Waals surface area contributed by atoms with Gasteiger partial charge in [0.05, 0.1) is 6.10 Å². The largest absolute Gasteiger partial charge is 0.381 e. The first-order chi connectivity index (χ1) is 8.26. The Morgan fingerprint density at radius 3 is 2.59 bits per heavy atom. The van der Waals surface area contributed by atoms with Crippen molar-refractivity contribution in [1.29, 1.82) is 0 Å². The van der Waals surface area contributed by atoms with Crippen LogP contribution in [0.15, 0.2) is 0 Å². The van der Waals surface area contributed by atoms with E-state index >= 15 is 0 Å². The molecule has 0 spiro atoms. The first-order valence-electron chi connectivity index (χ1n) is 7.22. The third-order valence-corrected chi connectivity index (χ3v) is 4.74. The first kappa shape index (κ1) is 13.3. The van der Waals surface area contributed by atoms with E-state index < -0.39 is 0 Å². The van der Waals surface area contributed by atoms with Gasteiger partial charge in [0.2, 0.25) is 0 Å². The number of ether oxygens (including phenoxy) is 1. The molecule has 0 amide bonds. The minimum atomic E-state index is 0.484. The smallest absolute Gasteiger partial charge is 0.0598 e. The molecule has 3 nitrogen and oxygen atoms in total. The fraction of sp³-hybridized carbons (Fsp3) is 1.00. The maximum Gasteiger partial charge on any atom is 0.0598 e. The molecule has 4 unspecified atom stereocenters. The van der Waals surface area contributed by atoms with E-state index in [9.17, 15) is 0 Å². The summed E-state index contributed by atoms with van der Waals surface area (Å²) < 4.78 is 5.51. The topological polar surface area (TPSA) is 24.5 Å². The van der Waals surface area contributed by atoms with E-state index in [1.54, 1.807) is 0 Å². The van der Waals surface area contributed by atoms with Crippen LogP contribution in [0.2, 0.25) is 0 Å². The number of nitrogens with zero attached hydrogens (tertiary/aromatic N) is 1. The van der Waals surface area contributed by atoms with Crippen molar-refractivity contribution >= 4 is 0 Å². The van der Waals surface area contributed by atoms with Gasteiger partial charge in [0.15, 0.2) is 0 Å². The summed E-state index contributed by atoms with van der Waals surface area (Å²) in [6.07, 6.45) is 8.39. The molecule has 17 heavy (non-hydrogen) atoms. The zero-order valence-electron chi connectivity index (χ0n) is 11.6. The lowest BCUT2D eigenvalue weighted by Crippen LogP contribution is -2.56. The summed E-state index contributed by atoms with van der Waals surface area (Å²) >= 11 is 0. The van der Waals surface area contributed by atoms with Crippen LogP contribution in [-0.4, -0.2) is 49.8 Å². The maximum atomic E-state index is 5.51. The maximum absolute atomic E-state index is 5.51. The summed E-state index contributed by atoms with van der Waals surface area (Å²) in [5.74, 6) is 0. The molecule has 2 aliphatic rings. The van der Waals surface area contributed by atoms with Gasteiger partial charge in [-0.25, -0.2) is 0 Å². The second-order valence-corrected chi connectivity index (χ2v) is 5.72. The van der Waals surface area contributed by atoms with Crippen molar-refractivity contribution in [2.24, 2.45) is 0 Å². The minimum Gasteiger partial charge on any atom is -0.381 e. The number of piperidine rings is 1. The summed E-state index contributed by atoms with van der Waals surface area (Å²) in [7, 11) is 3.97. The Morgan fingerprint density at radius 2 is 1.94 bits per heavy atom. The highest BCUT2D eigenvalue weighted by Gasteiger charge is 2.35. The molecule has 1 N–H and O–H groups in total. The molecule has 0 bridgehead atoms. The van der Waals surface area contributed by atoms with Gasteiger partial charge in [0.25, 0.3) is 0 Å². The first-order valence-corrected chi connectivity index (χ1v) is 7.22. The lowest BCUT2D eigenvalue weighted by molar-refractivity contribution is -0.0148. The zero-order chi connectivity index (χ0) is 12.3. The Labute approximate surface area is 106 Å². The number of methoxy groups -OCH3 is 1. The molecule has 1 saturated heterocycles. The van der Waals surface area contributed by atoms with Crippen LogP contribution in [0.5, 0.6) is 0 Å². The average Bonchev–Trinajstić information content (AvgIpc) is 2.38. The summed E-state index contributed by atoms with van der Waals surface area (Å²) in [6.45, 7) is 3.58. The highest BCUT2D eigenvalue weighted by Crippen LogP contribution is 2.29. The molecule has 0 radical (unpaired) electrons. The van der Waals surface area contributed by atoms with Gasteiger partial charge in [-0.15, -0.1) is 0 Å². The highest BCUT2D eigenvalue weighted by atomic mass is 16.5. The molecule has 1 heterocycles. The molecule has 3 heteroatoms. The van der Waals surface area contributed by atoms with E-state index in [-0.39, 0.29) is 0 Å². The standard InChI is InChI=1S/C14H28N2O/c1-11-10-12(17-3)8-9-16(11)14-7-5-4-6-13(14)15-2/h11-15H,4-10H2,1-3H3. The Balaban J connectivity index is 1.96. The van der Waals surface area contributed by atoms with Crippen molar-refractivity contribution in [3.8, 4) is 0 Å². The molecule has 1 aliphatic heterocycles. The number of hydrogen-bond donors (Lipinski definition) is 1. The molecule has 1 saturated carbocycles. The molecule has 0 aromatic heterocycles. The number of likely N-dealkylation sites (tertiary alicyclic amines) is 1. The Morgan fingerprint density at radius 1 is 1.18 bits per heavy atom. The predicted molar refractivity (Wildman–Crippen MR) is 71.3 cm³/mol. The molecular weight excluding hydrogens is 212 g/mol. The average molecular weight is 240 g/mol. The van der Waals surface area contributed by atoms with E-state index in [4.69, 9.17) is 4.74 Å². The molecular formula is C14H28N2O. The molecule has 0 aromatic carbocycles. The van der Waals surface area contributed by atoms with Crippen molar-refractivity contribution in [1.82, 2.24) is 10.2 Å². The van der Waals surface area contributed by atoms with Gasteiger partial charge in [-0.1, -0.05) is 12.8 Å². The third-order valence-electron chi connectivity index (χ3n) is 4.74. The number of hydrogen-bond acceptors (Lipinski definition) is 3. The zero-order valence-corrected chi connectivity index (χ0v) is 11.6. The fourth-order valence-corrected chi connectivity index (χ4v) is 3.70. The van der Waals surface area contributed by atoms with E-state index in [0.717, 1.165) is 6.04 Å². The van der Waals surface area contributed by atoms with Crippen LogP contribution < -0.4 is 5.32 Å². The quantitative estimate of drug-likeness (QED) is 0.817. The van der Waals surface area contributed by atoms with Crippen LogP contribution in [0.25, 0.3) is 0 Å². The summed E-state index contributed by atoms with van der Waals surface area (Å²) in [5.41, 5.74) is 0. The van der Waals surface area contributed by atoms with Crippen LogP contribution in [0.4, 0.5) is 0 Å². The molecule has 100 valence electrons. The second-order valence-electron chi connectivity index (χ2n) is 5.72. The monoisotopic (exact) mass is 240 g/mol. The number of rotatable bonds is 3. The predicted octanol–water partition coefficient (Wildman–Crippen LogP) is 2.02. The Bertz CT molecular complexity index is 234. The van der Waals surface area contributed by atoms with Gasteiger partial charge in [-0.2, -0.15) is 0 Å². The minimum absolute atomic E-state index is 0.484. The van der Waals surface area contributed by atoms with Crippen LogP contribution in [0, 0.1) is 0 Å². The van der Waals surface area contributed by atoms with Crippen molar-refractivity contribution in [3.05, 3.63) is 0 Å². The van der Waals surface area contributed by atoms with Crippen LogP contribution in [0.3, 0.4) is 0 Å². The Hall–Kier alpha value is -0.120. The summed E-state index contributed by atoms with van der Waals surface area (Å²) in [5, 5.41) is 3.52. The number of likely N-dealkylation sites (N-methyl/N-ethyl adjacent to an activating group) is 1. The molecule has 0 aromatic rings. The van der Waals surface area contributed by atoms with Gasteiger partial charge in [-0.3, -0.25) is 4.90 Å². The van der Waals surface area contributed by atoms with Crippen LogP contribution in [-0.2, 0) is 4.74 Å². The Kier molecular flexibility index (Phi) is 4.83. The molecule has 2 fully saturated rings. The lowest BCUT2D eigenvalue weighted by Gasteiger charge is -2.46.